The maximum atomic E-state index is 12.4. The quantitative estimate of drug-likeness (QED) is 0.764. The lowest BCUT2D eigenvalue weighted by Gasteiger charge is -2.27. The number of fused-ring (bicyclic) bond motifs is 2. The summed E-state index contributed by atoms with van der Waals surface area (Å²) in [5.74, 6) is -0.0794. The van der Waals surface area contributed by atoms with E-state index in [1.165, 1.54) is 20.9 Å². The third kappa shape index (κ3) is 4.87. The molecule has 0 saturated carbocycles. The molecule has 154 valence electrons. The van der Waals surface area contributed by atoms with E-state index in [0.29, 0.717) is 26.1 Å². The van der Waals surface area contributed by atoms with Crippen LogP contribution in [0.4, 0.5) is 0 Å². The second kappa shape index (κ2) is 9.09. The SMILES string of the molecule is O=C(CCC(=O)N1CCc2sccc2C1)NCCC(=O)N1CCc2sccc2C1. The van der Waals surface area contributed by atoms with Gasteiger partial charge in [0.25, 0.3) is 0 Å². The Bertz CT molecular complexity index is 905. The lowest BCUT2D eigenvalue weighted by atomic mass is 10.1. The molecule has 2 aromatic rings. The summed E-state index contributed by atoms with van der Waals surface area (Å²) in [6, 6.07) is 4.16. The molecule has 6 nitrogen and oxygen atoms in total. The number of nitrogens with one attached hydrogen (secondary N) is 1. The molecule has 1 N–H and O–H groups in total. The summed E-state index contributed by atoms with van der Waals surface area (Å²) in [5.41, 5.74) is 2.47. The molecule has 2 aliphatic rings. The highest BCUT2D eigenvalue weighted by Crippen LogP contribution is 2.25. The fourth-order valence-electron chi connectivity index (χ4n) is 3.86. The number of carbonyl (C=O) groups excluding carboxylic acids is 3. The fourth-order valence-corrected chi connectivity index (χ4v) is 5.64. The number of nitrogens with zero attached hydrogens (tertiary/aromatic N) is 2. The lowest BCUT2D eigenvalue weighted by molar-refractivity contribution is -0.135. The number of carbonyl (C=O) groups is 3. The maximum Gasteiger partial charge on any atom is 0.224 e. The number of rotatable bonds is 6. The van der Waals surface area contributed by atoms with Gasteiger partial charge in [-0.05, 0) is 46.9 Å². The summed E-state index contributed by atoms with van der Waals surface area (Å²) in [5, 5.41) is 6.92. The molecular formula is C21H25N3O3S2. The molecule has 8 heteroatoms. The van der Waals surface area contributed by atoms with Gasteiger partial charge < -0.3 is 15.1 Å². The van der Waals surface area contributed by atoms with E-state index in [1.54, 1.807) is 22.7 Å². The minimum atomic E-state index is -0.168. The van der Waals surface area contributed by atoms with Gasteiger partial charge >= 0.3 is 0 Å². The van der Waals surface area contributed by atoms with Crippen LogP contribution in [0.5, 0.6) is 0 Å². The van der Waals surface area contributed by atoms with Crippen LogP contribution in [0.15, 0.2) is 22.9 Å². The average Bonchev–Trinajstić information content (AvgIpc) is 3.39. The van der Waals surface area contributed by atoms with Crippen molar-refractivity contribution in [3.8, 4) is 0 Å². The second-order valence-corrected chi connectivity index (χ2v) is 9.47. The van der Waals surface area contributed by atoms with E-state index in [2.05, 4.69) is 28.2 Å². The molecule has 2 aliphatic heterocycles. The van der Waals surface area contributed by atoms with Crippen LogP contribution < -0.4 is 5.32 Å². The summed E-state index contributed by atoms with van der Waals surface area (Å²) in [4.78, 5) is 43.3. The molecule has 29 heavy (non-hydrogen) atoms. The molecule has 0 unspecified atom stereocenters. The zero-order valence-electron chi connectivity index (χ0n) is 16.3. The maximum absolute atomic E-state index is 12.4. The minimum absolute atomic E-state index is 0.0213. The van der Waals surface area contributed by atoms with Crippen LogP contribution in [0.1, 0.15) is 40.1 Å². The third-order valence-electron chi connectivity index (χ3n) is 5.55. The number of amides is 3. The van der Waals surface area contributed by atoms with Crippen molar-refractivity contribution < 1.29 is 14.4 Å². The molecular weight excluding hydrogens is 406 g/mol. The molecule has 4 rings (SSSR count). The van der Waals surface area contributed by atoms with Gasteiger partial charge in [0.1, 0.15) is 0 Å². The Hall–Kier alpha value is -2.19. The first-order valence-corrected chi connectivity index (χ1v) is 11.8. The van der Waals surface area contributed by atoms with Crippen LogP contribution in [-0.4, -0.2) is 47.2 Å². The predicted octanol–water partition coefficient (Wildman–Crippen LogP) is 2.57. The summed E-state index contributed by atoms with van der Waals surface area (Å²) in [6.07, 6.45) is 2.49. The summed E-state index contributed by atoms with van der Waals surface area (Å²) < 4.78 is 0. The highest BCUT2D eigenvalue weighted by molar-refractivity contribution is 7.10. The van der Waals surface area contributed by atoms with E-state index >= 15 is 0 Å². The average molecular weight is 432 g/mol. The van der Waals surface area contributed by atoms with Gasteiger partial charge in [0.05, 0.1) is 0 Å². The zero-order chi connectivity index (χ0) is 20.2. The monoisotopic (exact) mass is 431 g/mol. The zero-order valence-corrected chi connectivity index (χ0v) is 17.9. The van der Waals surface area contributed by atoms with Gasteiger partial charge in [-0.2, -0.15) is 0 Å². The van der Waals surface area contributed by atoms with Gasteiger partial charge in [-0.3, -0.25) is 14.4 Å². The molecule has 0 fully saturated rings. The normalized spacial score (nSPS) is 15.6. The van der Waals surface area contributed by atoms with Crippen LogP contribution in [-0.2, 0) is 40.3 Å². The molecule has 0 aromatic carbocycles. The Morgan fingerprint density at radius 3 is 1.97 bits per heavy atom. The highest BCUT2D eigenvalue weighted by Gasteiger charge is 2.23. The lowest BCUT2D eigenvalue weighted by Crippen LogP contribution is -2.38. The largest absolute Gasteiger partial charge is 0.356 e. The van der Waals surface area contributed by atoms with E-state index in [0.717, 1.165) is 25.9 Å². The Morgan fingerprint density at radius 2 is 1.38 bits per heavy atom. The van der Waals surface area contributed by atoms with Crippen molar-refractivity contribution in [3.05, 3.63) is 43.8 Å². The molecule has 0 bridgehead atoms. The van der Waals surface area contributed by atoms with Crippen LogP contribution in [0, 0.1) is 0 Å². The number of hydrogen-bond acceptors (Lipinski definition) is 5. The van der Waals surface area contributed by atoms with Crippen LogP contribution in [0.25, 0.3) is 0 Å². The van der Waals surface area contributed by atoms with Crippen molar-refractivity contribution in [3.63, 3.8) is 0 Å². The summed E-state index contributed by atoms with van der Waals surface area (Å²) >= 11 is 3.49. The van der Waals surface area contributed by atoms with Gasteiger partial charge in [-0.1, -0.05) is 0 Å². The Balaban J connectivity index is 1.13. The van der Waals surface area contributed by atoms with Gasteiger partial charge in [0.15, 0.2) is 0 Å². The summed E-state index contributed by atoms with van der Waals surface area (Å²) in [7, 11) is 0. The first-order valence-electron chi connectivity index (χ1n) is 10.0. The number of hydrogen-bond donors (Lipinski definition) is 1. The van der Waals surface area contributed by atoms with E-state index in [9.17, 15) is 14.4 Å². The van der Waals surface area contributed by atoms with Gasteiger partial charge in [0, 0.05) is 61.7 Å². The van der Waals surface area contributed by atoms with Crippen molar-refractivity contribution in [2.24, 2.45) is 0 Å². The van der Waals surface area contributed by atoms with Gasteiger partial charge in [-0.25, -0.2) is 0 Å². The van der Waals surface area contributed by atoms with Gasteiger partial charge in [0.2, 0.25) is 17.7 Å². The molecule has 4 heterocycles. The molecule has 0 aliphatic carbocycles. The summed E-state index contributed by atoms with van der Waals surface area (Å²) in [6.45, 7) is 3.11. The molecule has 3 amide bonds. The van der Waals surface area contributed by atoms with Crippen LogP contribution in [0.3, 0.4) is 0 Å². The first-order chi connectivity index (χ1) is 14.1. The molecule has 2 aromatic heterocycles. The smallest absolute Gasteiger partial charge is 0.224 e. The van der Waals surface area contributed by atoms with Crippen molar-refractivity contribution >= 4 is 40.4 Å². The topological polar surface area (TPSA) is 69.7 Å². The Kier molecular flexibility index (Phi) is 6.30. The van der Waals surface area contributed by atoms with Crippen molar-refractivity contribution in [2.75, 3.05) is 19.6 Å². The second-order valence-electron chi connectivity index (χ2n) is 7.47. The Labute approximate surface area is 178 Å². The molecule has 0 radical (unpaired) electrons. The van der Waals surface area contributed by atoms with Crippen molar-refractivity contribution in [1.82, 2.24) is 15.1 Å². The van der Waals surface area contributed by atoms with E-state index < -0.39 is 0 Å². The Morgan fingerprint density at radius 1 is 0.828 bits per heavy atom. The number of thiophene rings is 2. The molecule has 0 spiro atoms. The van der Waals surface area contributed by atoms with Gasteiger partial charge in [-0.15, -0.1) is 22.7 Å². The third-order valence-corrected chi connectivity index (χ3v) is 7.59. The first kappa shape index (κ1) is 20.1. The minimum Gasteiger partial charge on any atom is -0.356 e. The molecule has 0 saturated heterocycles. The predicted molar refractivity (Wildman–Crippen MR) is 114 cm³/mol. The van der Waals surface area contributed by atoms with Crippen LogP contribution in [0.2, 0.25) is 0 Å². The van der Waals surface area contributed by atoms with E-state index in [4.69, 9.17) is 0 Å². The van der Waals surface area contributed by atoms with Crippen molar-refractivity contribution in [2.45, 2.75) is 45.2 Å². The standard InChI is InChI=1S/C21H25N3O3S2/c25-19(1-2-20(26)23-9-4-17-15(13-23)6-11-28-17)22-8-3-21(27)24-10-5-18-16(14-24)7-12-29-18/h6-7,11-12H,1-5,8-10,13-14H2,(H,22,25). The van der Waals surface area contributed by atoms with E-state index in [-0.39, 0.29) is 30.6 Å². The van der Waals surface area contributed by atoms with Crippen molar-refractivity contribution in [1.29, 1.82) is 0 Å². The van der Waals surface area contributed by atoms with Crippen LogP contribution >= 0.6 is 22.7 Å². The highest BCUT2D eigenvalue weighted by atomic mass is 32.1. The molecule has 0 atom stereocenters. The fraction of sp³-hybridized carbons (Fsp3) is 0.476. The van der Waals surface area contributed by atoms with E-state index in [1.807, 2.05) is 9.80 Å².